The molecular formula is C21H26FN3O4S. The van der Waals surface area contributed by atoms with Gasteiger partial charge in [0.2, 0.25) is 21.8 Å². The van der Waals surface area contributed by atoms with Gasteiger partial charge in [0.1, 0.15) is 18.4 Å². The Labute approximate surface area is 176 Å². The highest BCUT2D eigenvalue weighted by Crippen LogP contribution is 2.22. The fourth-order valence-electron chi connectivity index (χ4n) is 3.01. The molecule has 2 aromatic carbocycles. The molecule has 0 aromatic heterocycles. The Hall–Kier alpha value is -2.94. The minimum absolute atomic E-state index is 0.106. The summed E-state index contributed by atoms with van der Waals surface area (Å²) < 4.78 is 39.6. The smallest absolute Gasteiger partial charge is 0.244 e. The zero-order valence-electron chi connectivity index (χ0n) is 17.4. The molecule has 9 heteroatoms. The number of para-hydroxylation sites is 1. The van der Waals surface area contributed by atoms with Crippen LogP contribution in [0.3, 0.4) is 0 Å². The Bertz CT molecular complexity index is 1030. The Balaban J connectivity index is 2.41. The second-order valence-corrected chi connectivity index (χ2v) is 8.87. The number of sulfonamides is 1. The van der Waals surface area contributed by atoms with Crippen LogP contribution in [0.15, 0.2) is 48.5 Å². The van der Waals surface area contributed by atoms with Crippen molar-refractivity contribution >= 4 is 27.5 Å². The zero-order valence-corrected chi connectivity index (χ0v) is 18.2. The molecule has 0 heterocycles. The van der Waals surface area contributed by atoms with Crippen molar-refractivity contribution in [2.45, 2.75) is 26.4 Å². The maximum atomic E-state index is 14.3. The van der Waals surface area contributed by atoms with Gasteiger partial charge in [-0.25, -0.2) is 12.8 Å². The van der Waals surface area contributed by atoms with Gasteiger partial charge >= 0.3 is 0 Å². The summed E-state index contributed by atoms with van der Waals surface area (Å²) in [5.41, 5.74) is 1.52. The largest absolute Gasteiger partial charge is 0.357 e. The molecular weight excluding hydrogens is 409 g/mol. The van der Waals surface area contributed by atoms with Crippen LogP contribution in [0.4, 0.5) is 10.1 Å². The number of amides is 2. The number of aryl methyl sites for hydroxylation is 1. The molecule has 0 unspecified atom stereocenters. The maximum absolute atomic E-state index is 14.3. The molecule has 0 aliphatic rings. The van der Waals surface area contributed by atoms with E-state index in [2.05, 4.69) is 5.32 Å². The lowest BCUT2D eigenvalue weighted by atomic mass is 10.1. The van der Waals surface area contributed by atoms with E-state index in [9.17, 15) is 22.4 Å². The molecule has 0 bridgehead atoms. The van der Waals surface area contributed by atoms with E-state index in [0.29, 0.717) is 4.31 Å². The molecule has 0 saturated heterocycles. The molecule has 0 aliphatic heterocycles. The third kappa shape index (κ3) is 5.56. The summed E-state index contributed by atoms with van der Waals surface area (Å²) in [6, 6.07) is 11.9. The number of likely N-dealkylation sites (N-methyl/N-ethyl adjacent to an activating group) is 1. The van der Waals surface area contributed by atoms with Crippen LogP contribution in [0.25, 0.3) is 0 Å². The summed E-state index contributed by atoms with van der Waals surface area (Å²) in [4.78, 5) is 26.7. The van der Waals surface area contributed by atoms with Crippen LogP contribution < -0.4 is 9.62 Å². The molecule has 162 valence electrons. The van der Waals surface area contributed by atoms with E-state index < -0.39 is 40.2 Å². The van der Waals surface area contributed by atoms with Crippen molar-refractivity contribution in [3.63, 3.8) is 0 Å². The van der Waals surface area contributed by atoms with Gasteiger partial charge in [0.05, 0.1) is 11.9 Å². The van der Waals surface area contributed by atoms with Gasteiger partial charge in [0.25, 0.3) is 0 Å². The van der Waals surface area contributed by atoms with Crippen LogP contribution in [0.5, 0.6) is 0 Å². The van der Waals surface area contributed by atoms with E-state index in [0.717, 1.165) is 23.4 Å². The average molecular weight is 436 g/mol. The van der Waals surface area contributed by atoms with Crippen molar-refractivity contribution < 1.29 is 22.4 Å². The number of carbonyl (C=O) groups is 2. The molecule has 2 rings (SSSR count). The highest BCUT2D eigenvalue weighted by atomic mass is 32.2. The Morgan fingerprint density at radius 1 is 1.10 bits per heavy atom. The first-order valence-corrected chi connectivity index (χ1v) is 11.2. The third-order valence-electron chi connectivity index (χ3n) is 4.82. The van der Waals surface area contributed by atoms with Gasteiger partial charge in [-0.15, -0.1) is 0 Å². The van der Waals surface area contributed by atoms with Crippen LogP contribution >= 0.6 is 0 Å². The van der Waals surface area contributed by atoms with Gasteiger partial charge in [-0.3, -0.25) is 13.9 Å². The van der Waals surface area contributed by atoms with E-state index in [1.165, 1.54) is 30.1 Å². The first-order valence-electron chi connectivity index (χ1n) is 9.34. The molecule has 1 N–H and O–H groups in total. The van der Waals surface area contributed by atoms with Crippen molar-refractivity contribution in [2.75, 3.05) is 24.2 Å². The molecule has 0 aliphatic carbocycles. The second kappa shape index (κ2) is 9.71. The Kier molecular flexibility index (Phi) is 7.55. The maximum Gasteiger partial charge on any atom is 0.244 e. The van der Waals surface area contributed by atoms with Gasteiger partial charge in [-0.1, -0.05) is 36.4 Å². The molecule has 30 heavy (non-hydrogen) atoms. The quantitative estimate of drug-likeness (QED) is 0.688. The Morgan fingerprint density at radius 2 is 1.70 bits per heavy atom. The monoisotopic (exact) mass is 435 g/mol. The van der Waals surface area contributed by atoms with Gasteiger partial charge in [-0.05, 0) is 37.1 Å². The highest BCUT2D eigenvalue weighted by Gasteiger charge is 2.30. The van der Waals surface area contributed by atoms with Crippen molar-refractivity contribution in [2.24, 2.45) is 0 Å². The molecule has 0 radical (unpaired) electrons. The number of nitrogens with zero attached hydrogens (tertiary/aromatic N) is 2. The molecule has 2 aromatic rings. The summed E-state index contributed by atoms with van der Waals surface area (Å²) in [5, 5.41) is 2.50. The molecule has 1 atom stereocenters. The van der Waals surface area contributed by atoms with Gasteiger partial charge in [-0.2, -0.15) is 0 Å². The second-order valence-electron chi connectivity index (χ2n) is 6.96. The number of rotatable bonds is 8. The van der Waals surface area contributed by atoms with E-state index >= 15 is 0 Å². The molecule has 7 nitrogen and oxygen atoms in total. The van der Waals surface area contributed by atoms with Crippen LogP contribution in [0.2, 0.25) is 0 Å². The minimum Gasteiger partial charge on any atom is -0.357 e. The van der Waals surface area contributed by atoms with Crippen molar-refractivity contribution in [1.29, 1.82) is 0 Å². The Morgan fingerprint density at radius 3 is 2.27 bits per heavy atom. The number of carbonyl (C=O) groups excluding carboxylic acids is 2. The lowest BCUT2D eigenvalue weighted by Gasteiger charge is -2.31. The highest BCUT2D eigenvalue weighted by molar-refractivity contribution is 7.92. The molecule has 2 amide bonds. The van der Waals surface area contributed by atoms with Crippen molar-refractivity contribution in [3.8, 4) is 0 Å². The number of hydrogen-bond donors (Lipinski definition) is 1. The van der Waals surface area contributed by atoms with E-state index in [1.807, 2.05) is 31.2 Å². The summed E-state index contributed by atoms with van der Waals surface area (Å²) in [5.74, 6) is -1.78. The topological polar surface area (TPSA) is 86.8 Å². The van der Waals surface area contributed by atoms with Crippen LogP contribution in [0, 0.1) is 12.7 Å². The van der Waals surface area contributed by atoms with Crippen molar-refractivity contribution in [3.05, 3.63) is 65.5 Å². The van der Waals surface area contributed by atoms with Crippen molar-refractivity contribution in [1.82, 2.24) is 10.2 Å². The van der Waals surface area contributed by atoms with Gasteiger partial charge < -0.3 is 10.2 Å². The summed E-state index contributed by atoms with van der Waals surface area (Å²) >= 11 is 0. The minimum atomic E-state index is -3.96. The normalized spacial score (nSPS) is 12.2. The van der Waals surface area contributed by atoms with E-state index in [4.69, 9.17) is 0 Å². The summed E-state index contributed by atoms with van der Waals surface area (Å²) in [6.07, 6.45) is 0.903. The number of benzene rings is 2. The molecule has 0 saturated carbocycles. The lowest BCUT2D eigenvalue weighted by Crippen LogP contribution is -2.50. The number of halogens is 1. The first kappa shape index (κ1) is 23.3. The number of nitrogens with one attached hydrogen (secondary N) is 1. The lowest BCUT2D eigenvalue weighted by molar-refractivity contribution is -0.139. The van der Waals surface area contributed by atoms with E-state index in [-0.39, 0.29) is 12.2 Å². The average Bonchev–Trinajstić information content (AvgIpc) is 2.70. The summed E-state index contributed by atoms with van der Waals surface area (Å²) in [6.45, 7) is 2.91. The summed E-state index contributed by atoms with van der Waals surface area (Å²) in [7, 11) is -2.50. The van der Waals surface area contributed by atoms with Crippen LogP contribution in [-0.4, -0.2) is 51.0 Å². The fraction of sp³-hybridized carbons (Fsp3) is 0.333. The number of anilines is 1. The third-order valence-corrected chi connectivity index (χ3v) is 5.94. The fourth-order valence-corrected chi connectivity index (χ4v) is 3.86. The SMILES string of the molecule is CNC(=O)[C@@H](C)N(Cc1ccccc1C)C(=O)CN(c1ccccc1F)S(C)(=O)=O. The first-order chi connectivity index (χ1) is 14.1. The number of hydrogen-bond acceptors (Lipinski definition) is 4. The standard InChI is InChI=1S/C21H26FN3O4S/c1-15-9-5-6-10-17(15)13-24(16(2)21(27)23-3)20(26)14-25(30(4,28)29)19-12-8-7-11-18(19)22/h5-12,16H,13-14H2,1-4H3,(H,23,27)/t16-/m1/s1. The van der Waals surface area contributed by atoms with Crippen LogP contribution in [0.1, 0.15) is 18.1 Å². The van der Waals surface area contributed by atoms with E-state index in [1.54, 1.807) is 6.92 Å². The molecule has 0 spiro atoms. The molecule has 0 fully saturated rings. The zero-order chi connectivity index (χ0) is 22.5. The predicted molar refractivity (Wildman–Crippen MR) is 114 cm³/mol. The van der Waals surface area contributed by atoms with Gasteiger partial charge in [0, 0.05) is 13.6 Å². The predicted octanol–water partition coefficient (Wildman–Crippen LogP) is 2.06. The van der Waals surface area contributed by atoms with Crippen LogP contribution in [-0.2, 0) is 26.2 Å². The van der Waals surface area contributed by atoms with Gasteiger partial charge in [0.15, 0.2) is 0 Å².